The van der Waals surface area contributed by atoms with Gasteiger partial charge in [0.15, 0.2) is 5.69 Å². The van der Waals surface area contributed by atoms with E-state index in [-0.39, 0.29) is 39.7 Å². The summed E-state index contributed by atoms with van der Waals surface area (Å²) in [5.41, 5.74) is -2.04. The fraction of sp³-hybridized carbons (Fsp3) is 0.192. The summed E-state index contributed by atoms with van der Waals surface area (Å²) in [6.45, 7) is 1.63. The number of aromatic carboxylic acids is 1. The summed E-state index contributed by atoms with van der Waals surface area (Å²) < 4.78 is 60.9. The van der Waals surface area contributed by atoms with Crippen LogP contribution in [0.4, 0.5) is 23.2 Å². The lowest BCUT2D eigenvalue weighted by Gasteiger charge is -2.21. The van der Waals surface area contributed by atoms with Gasteiger partial charge in [-0.25, -0.2) is 13.9 Å². The average molecular weight is 594 g/mol. The molecule has 1 amide bonds. The molecule has 0 unspecified atom stereocenters. The maximum Gasteiger partial charge on any atom is 0.436 e. The van der Waals surface area contributed by atoms with E-state index in [9.17, 15) is 31.9 Å². The number of methoxy groups -OCH3 is 1. The van der Waals surface area contributed by atoms with Crippen molar-refractivity contribution in [3.63, 3.8) is 0 Å². The summed E-state index contributed by atoms with van der Waals surface area (Å²) in [6.07, 6.45) is -2.68. The summed E-state index contributed by atoms with van der Waals surface area (Å²) in [5, 5.41) is 18.4. The quantitative estimate of drug-likeness (QED) is 0.269. The minimum absolute atomic E-state index is 0.0257. The molecule has 2 aromatic heterocycles. The fourth-order valence-electron chi connectivity index (χ4n) is 4.08. The van der Waals surface area contributed by atoms with E-state index in [0.29, 0.717) is 6.20 Å². The van der Waals surface area contributed by atoms with Crippen molar-refractivity contribution in [2.75, 3.05) is 12.4 Å². The standard InChI is InChI=1S/C26H20ClF4N5O5/c1-3-19(24(38)32-14-5-6-15(25(39)40)18(28)9-14)35-11-21(41-2)17(10-23(35)37)16-8-13(27)4-7-20(16)36-12-22(33-34-36)26(29,30)31/h4-12,19H,3H2,1-2H3,(H,32,38)(H,39,40)/t19-/m0/s1. The molecule has 4 rings (SSSR count). The Morgan fingerprint density at radius 3 is 2.44 bits per heavy atom. The molecule has 0 spiro atoms. The van der Waals surface area contributed by atoms with Crippen LogP contribution in [0.1, 0.15) is 35.4 Å². The molecule has 0 radical (unpaired) electrons. The van der Waals surface area contributed by atoms with E-state index >= 15 is 0 Å². The fourth-order valence-corrected chi connectivity index (χ4v) is 4.25. The first kappa shape index (κ1) is 29.3. The molecule has 0 aliphatic rings. The number of aromatic nitrogens is 4. The molecule has 1 atom stereocenters. The molecule has 4 aromatic rings. The van der Waals surface area contributed by atoms with E-state index in [1.807, 2.05) is 0 Å². The third-order valence-corrected chi connectivity index (χ3v) is 6.27. The highest BCUT2D eigenvalue weighted by molar-refractivity contribution is 6.31. The zero-order valence-electron chi connectivity index (χ0n) is 21.2. The van der Waals surface area contributed by atoms with Gasteiger partial charge >= 0.3 is 12.1 Å². The number of amides is 1. The molecule has 0 aliphatic carbocycles. The zero-order valence-corrected chi connectivity index (χ0v) is 22.0. The van der Waals surface area contributed by atoms with E-state index in [2.05, 4.69) is 15.6 Å². The number of nitrogens with one attached hydrogen (secondary N) is 1. The molecule has 0 fully saturated rings. The van der Waals surface area contributed by atoms with Crippen LogP contribution in [0.2, 0.25) is 5.02 Å². The van der Waals surface area contributed by atoms with Crippen molar-refractivity contribution in [2.24, 2.45) is 0 Å². The van der Waals surface area contributed by atoms with Gasteiger partial charge in [-0.2, -0.15) is 13.2 Å². The first-order valence-corrected chi connectivity index (χ1v) is 12.2. The van der Waals surface area contributed by atoms with Crippen molar-refractivity contribution in [2.45, 2.75) is 25.6 Å². The predicted octanol–water partition coefficient (Wildman–Crippen LogP) is 5.20. The summed E-state index contributed by atoms with van der Waals surface area (Å²) in [6, 6.07) is 7.30. The van der Waals surface area contributed by atoms with Crippen LogP contribution in [0.3, 0.4) is 0 Å². The lowest BCUT2D eigenvalue weighted by atomic mass is 10.0. The van der Waals surface area contributed by atoms with Crippen LogP contribution < -0.4 is 15.6 Å². The highest BCUT2D eigenvalue weighted by atomic mass is 35.5. The van der Waals surface area contributed by atoms with Crippen LogP contribution >= 0.6 is 11.6 Å². The van der Waals surface area contributed by atoms with Crippen LogP contribution in [0, 0.1) is 5.82 Å². The third-order valence-electron chi connectivity index (χ3n) is 6.04. The number of carbonyl (C=O) groups excluding carboxylic acids is 1. The number of hydrogen-bond acceptors (Lipinski definition) is 6. The Kier molecular flexibility index (Phi) is 8.14. The summed E-state index contributed by atoms with van der Waals surface area (Å²) in [7, 11) is 1.29. The second kappa shape index (κ2) is 11.4. The third kappa shape index (κ3) is 6.06. The van der Waals surface area contributed by atoms with Gasteiger partial charge in [0.1, 0.15) is 17.6 Å². The molecular weight excluding hydrogens is 574 g/mol. The Bertz CT molecular complexity index is 1700. The van der Waals surface area contributed by atoms with E-state index in [4.69, 9.17) is 21.4 Å². The van der Waals surface area contributed by atoms with Gasteiger partial charge in [0.05, 0.1) is 30.8 Å². The van der Waals surface area contributed by atoms with Crippen LogP contribution in [-0.2, 0) is 11.0 Å². The number of nitrogens with zero attached hydrogens (tertiary/aromatic N) is 4. The van der Waals surface area contributed by atoms with Gasteiger partial charge in [0, 0.05) is 27.9 Å². The molecule has 2 aromatic carbocycles. The molecule has 2 heterocycles. The van der Waals surface area contributed by atoms with Gasteiger partial charge in [-0.05, 0) is 42.8 Å². The lowest BCUT2D eigenvalue weighted by molar-refractivity contribution is -0.141. The Labute approximate surface area is 233 Å². The molecule has 2 N–H and O–H groups in total. The zero-order chi connectivity index (χ0) is 30.1. The normalized spacial score (nSPS) is 12.2. The number of alkyl halides is 3. The molecular formula is C26H20ClF4N5O5. The van der Waals surface area contributed by atoms with Crippen molar-refractivity contribution in [1.29, 1.82) is 0 Å². The van der Waals surface area contributed by atoms with E-state index < -0.39 is 46.7 Å². The van der Waals surface area contributed by atoms with E-state index in [0.717, 1.165) is 27.4 Å². The van der Waals surface area contributed by atoms with Crippen molar-refractivity contribution < 1.29 is 37.0 Å². The van der Waals surface area contributed by atoms with Crippen molar-refractivity contribution in [3.05, 3.63) is 87.3 Å². The summed E-state index contributed by atoms with van der Waals surface area (Å²) >= 11 is 6.17. The topological polar surface area (TPSA) is 128 Å². The van der Waals surface area contributed by atoms with Crippen LogP contribution in [0.25, 0.3) is 16.8 Å². The highest BCUT2D eigenvalue weighted by Gasteiger charge is 2.35. The number of carbonyl (C=O) groups is 2. The minimum atomic E-state index is -4.73. The number of rotatable bonds is 8. The SMILES string of the molecule is CC[C@@H](C(=O)Nc1ccc(C(=O)O)c(F)c1)n1cc(OC)c(-c2cc(Cl)ccc2-n2cc(C(F)(F)F)nn2)cc1=O. The maximum absolute atomic E-state index is 14.1. The highest BCUT2D eigenvalue weighted by Crippen LogP contribution is 2.36. The number of benzene rings is 2. The van der Waals surface area contributed by atoms with E-state index in [1.165, 1.54) is 37.6 Å². The molecule has 0 saturated heterocycles. The number of ether oxygens (including phenoxy) is 1. The first-order valence-electron chi connectivity index (χ1n) is 11.8. The van der Waals surface area contributed by atoms with Gasteiger partial charge < -0.3 is 15.2 Å². The molecule has 15 heteroatoms. The minimum Gasteiger partial charge on any atom is -0.495 e. The van der Waals surface area contributed by atoms with Gasteiger partial charge in [-0.15, -0.1) is 5.10 Å². The van der Waals surface area contributed by atoms with Crippen molar-refractivity contribution in [1.82, 2.24) is 19.6 Å². The lowest BCUT2D eigenvalue weighted by Crippen LogP contribution is -2.32. The Balaban J connectivity index is 1.74. The van der Waals surface area contributed by atoms with Crippen LogP contribution in [0.5, 0.6) is 5.75 Å². The number of halogens is 5. The van der Waals surface area contributed by atoms with Gasteiger partial charge in [-0.1, -0.05) is 23.7 Å². The monoisotopic (exact) mass is 593 g/mol. The Hall–Kier alpha value is -4.72. The largest absolute Gasteiger partial charge is 0.495 e. The number of carboxylic acid groups (broad SMARTS) is 1. The molecule has 0 saturated carbocycles. The number of pyridine rings is 1. The maximum atomic E-state index is 14.1. The molecule has 0 aliphatic heterocycles. The number of anilines is 1. The van der Waals surface area contributed by atoms with Gasteiger partial charge in [0.25, 0.3) is 5.56 Å². The van der Waals surface area contributed by atoms with Crippen LogP contribution in [-0.4, -0.2) is 43.7 Å². The van der Waals surface area contributed by atoms with Gasteiger partial charge in [-0.3, -0.25) is 14.2 Å². The number of carboxylic acids is 1. The van der Waals surface area contributed by atoms with E-state index in [1.54, 1.807) is 6.92 Å². The molecule has 214 valence electrons. The van der Waals surface area contributed by atoms with Crippen molar-refractivity contribution in [3.8, 4) is 22.6 Å². The molecule has 10 nitrogen and oxygen atoms in total. The average Bonchev–Trinajstić information content (AvgIpc) is 3.40. The second-order valence-corrected chi connectivity index (χ2v) is 9.06. The van der Waals surface area contributed by atoms with Crippen LogP contribution in [0.15, 0.2) is 59.7 Å². The molecule has 0 bridgehead atoms. The Morgan fingerprint density at radius 1 is 1.12 bits per heavy atom. The molecule has 41 heavy (non-hydrogen) atoms. The number of hydrogen-bond donors (Lipinski definition) is 2. The smallest absolute Gasteiger partial charge is 0.436 e. The first-order chi connectivity index (χ1) is 19.3. The summed E-state index contributed by atoms with van der Waals surface area (Å²) in [4.78, 5) is 37.4. The van der Waals surface area contributed by atoms with Gasteiger partial charge in [0.2, 0.25) is 5.91 Å². The Morgan fingerprint density at radius 2 is 1.85 bits per heavy atom. The predicted molar refractivity (Wildman–Crippen MR) is 139 cm³/mol. The second-order valence-electron chi connectivity index (χ2n) is 8.62. The van der Waals surface area contributed by atoms with Crippen molar-refractivity contribution >= 4 is 29.2 Å². The summed E-state index contributed by atoms with van der Waals surface area (Å²) in [5.74, 6) is -3.15.